The quantitative estimate of drug-likeness (QED) is 0.419. The van der Waals surface area contributed by atoms with E-state index in [1.54, 1.807) is 0 Å². The number of carboxylic acid groups (broad SMARTS) is 2. The SMILES string of the molecule is CC(C)(C)CC(C)(C)N.O=C(O)C(CCCc1ccccc1)=C1O[C@@H]2CC(=O)N2C1C(=O)O. The molecular weight excluding hydrogens is 424 g/mol. The van der Waals surface area contributed by atoms with Gasteiger partial charge in [-0.1, -0.05) is 51.1 Å². The lowest BCUT2D eigenvalue weighted by atomic mass is 9.82. The van der Waals surface area contributed by atoms with Crippen molar-refractivity contribution < 1.29 is 29.3 Å². The number of aliphatic carboxylic acids is 2. The molecule has 2 atom stereocenters. The smallest absolute Gasteiger partial charge is 0.335 e. The number of nitrogens with zero attached hydrogens (tertiary/aromatic N) is 1. The molecule has 1 unspecified atom stereocenters. The average Bonchev–Trinajstić information content (AvgIpc) is 2.96. The highest BCUT2D eigenvalue weighted by Gasteiger charge is 2.55. The standard InChI is InChI=1S/C17H17NO6.C8H19N/c19-12-9-13-18(12)14(17(22)23)15(24-13)11(16(20)21)8-4-7-10-5-2-1-3-6-10;1-7(2,3)6-8(4,5)9/h1-3,5-6,13-14H,4,7-9H2,(H,20,21)(H,22,23);6,9H2,1-5H3/t13-,14?;/m1./s1. The first-order chi connectivity index (χ1) is 15.2. The normalized spacial score (nSPS) is 21.3. The average molecular weight is 461 g/mol. The summed E-state index contributed by atoms with van der Waals surface area (Å²) in [5.74, 6) is -2.93. The molecule has 0 spiro atoms. The first-order valence-corrected chi connectivity index (χ1v) is 11.2. The van der Waals surface area contributed by atoms with E-state index in [9.17, 15) is 24.6 Å². The van der Waals surface area contributed by atoms with Crippen molar-refractivity contribution in [3.05, 3.63) is 47.2 Å². The number of nitrogens with two attached hydrogens (primary N) is 1. The van der Waals surface area contributed by atoms with Crippen molar-refractivity contribution in [2.75, 3.05) is 0 Å². The highest BCUT2D eigenvalue weighted by atomic mass is 16.5. The van der Waals surface area contributed by atoms with E-state index in [2.05, 4.69) is 34.6 Å². The van der Waals surface area contributed by atoms with E-state index in [1.165, 1.54) is 0 Å². The van der Waals surface area contributed by atoms with Crippen molar-refractivity contribution in [2.24, 2.45) is 11.1 Å². The predicted molar refractivity (Wildman–Crippen MR) is 124 cm³/mol. The molecule has 0 radical (unpaired) electrons. The van der Waals surface area contributed by atoms with Gasteiger partial charge in [-0.3, -0.25) is 9.69 Å². The van der Waals surface area contributed by atoms with E-state index < -0.39 is 24.2 Å². The van der Waals surface area contributed by atoms with Gasteiger partial charge in [-0.05, 0) is 50.5 Å². The second-order valence-corrected chi connectivity index (χ2v) is 10.5. The van der Waals surface area contributed by atoms with E-state index in [1.807, 2.05) is 30.3 Å². The maximum atomic E-state index is 11.6. The van der Waals surface area contributed by atoms with Crippen molar-refractivity contribution >= 4 is 17.8 Å². The fourth-order valence-electron chi connectivity index (χ4n) is 4.43. The Bertz CT molecular complexity index is 884. The molecule has 182 valence electrons. The molecule has 0 bridgehead atoms. The molecule has 0 saturated carbocycles. The molecule has 1 amide bonds. The van der Waals surface area contributed by atoms with Gasteiger partial charge < -0.3 is 20.7 Å². The molecule has 2 aliphatic heterocycles. The lowest BCUT2D eigenvalue weighted by Gasteiger charge is -2.33. The number of carbonyl (C=O) groups is 3. The summed E-state index contributed by atoms with van der Waals surface area (Å²) < 4.78 is 5.45. The number of hydrogen-bond acceptors (Lipinski definition) is 5. The molecule has 33 heavy (non-hydrogen) atoms. The van der Waals surface area contributed by atoms with E-state index in [4.69, 9.17) is 10.5 Å². The maximum Gasteiger partial charge on any atom is 0.335 e. The van der Waals surface area contributed by atoms with Gasteiger partial charge in [0.25, 0.3) is 0 Å². The molecule has 0 aliphatic carbocycles. The maximum absolute atomic E-state index is 11.6. The third kappa shape index (κ3) is 7.60. The molecule has 2 aliphatic rings. The molecule has 3 rings (SSSR count). The molecule has 2 heterocycles. The van der Waals surface area contributed by atoms with Crippen LogP contribution in [0.5, 0.6) is 0 Å². The van der Waals surface area contributed by atoms with Crippen LogP contribution in [0, 0.1) is 5.41 Å². The summed E-state index contributed by atoms with van der Waals surface area (Å²) in [4.78, 5) is 35.7. The number of carboxylic acids is 2. The van der Waals surface area contributed by atoms with Crippen LogP contribution in [0.15, 0.2) is 41.7 Å². The third-order valence-corrected chi connectivity index (χ3v) is 5.25. The molecule has 2 fully saturated rings. The summed E-state index contributed by atoms with van der Waals surface area (Å²) in [6.45, 7) is 10.8. The van der Waals surface area contributed by atoms with E-state index >= 15 is 0 Å². The Balaban J connectivity index is 0.000000365. The second-order valence-electron chi connectivity index (χ2n) is 10.5. The van der Waals surface area contributed by atoms with Gasteiger partial charge in [0.05, 0.1) is 12.0 Å². The van der Waals surface area contributed by atoms with Gasteiger partial charge in [0.1, 0.15) is 5.76 Å². The molecule has 2 saturated heterocycles. The summed E-state index contributed by atoms with van der Waals surface area (Å²) >= 11 is 0. The van der Waals surface area contributed by atoms with Crippen LogP contribution < -0.4 is 5.73 Å². The minimum Gasteiger partial charge on any atom is -0.479 e. The fraction of sp³-hybridized carbons (Fsp3) is 0.560. The van der Waals surface area contributed by atoms with Crippen LogP contribution in [-0.4, -0.2) is 50.8 Å². The van der Waals surface area contributed by atoms with E-state index in [-0.39, 0.29) is 35.6 Å². The van der Waals surface area contributed by atoms with Gasteiger partial charge in [0.15, 0.2) is 12.3 Å². The zero-order valence-corrected chi connectivity index (χ0v) is 20.1. The number of amides is 1. The number of benzene rings is 1. The van der Waals surface area contributed by atoms with Crippen LogP contribution in [0.25, 0.3) is 0 Å². The first kappa shape index (κ1) is 26.4. The Morgan fingerprint density at radius 2 is 1.73 bits per heavy atom. The lowest BCUT2D eigenvalue weighted by molar-refractivity contribution is -0.163. The van der Waals surface area contributed by atoms with Crippen molar-refractivity contribution in [3.63, 3.8) is 0 Å². The highest BCUT2D eigenvalue weighted by Crippen LogP contribution is 2.38. The Hall–Kier alpha value is -2.87. The molecular formula is C25H36N2O6. The van der Waals surface area contributed by atoms with Gasteiger partial charge in [-0.2, -0.15) is 0 Å². The molecule has 4 N–H and O–H groups in total. The van der Waals surface area contributed by atoms with Gasteiger partial charge in [0, 0.05) is 5.54 Å². The zero-order valence-electron chi connectivity index (χ0n) is 20.1. The summed E-state index contributed by atoms with van der Waals surface area (Å²) in [5.41, 5.74) is 7.17. The minimum atomic E-state index is -1.33. The number of β-lactam (4-membered cyclic amide) rings is 1. The zero-order chi connectivity index (χ0) is 25.0. The third-order valence-electron chi connectivity index (χ3n) is 5.25. The Morgan fingerprint density at radius 1 is 1.12 bits per heavy atom. The van der Waals surface area contributed by atoms with Crippen LogP contribution in [0.3, 0.4) is 0 Å². The van der Waals surface area contributed by atoms with Gasteiger partial charge >= 0.3 is 11.9 Å². The molecule has 8 heteroatoms. The van der Waals surface area contributed by atoms with Crippen LogP contribution in [0.1, 0.15) is 65.9 Å². The monoisotopic (exact) mass is 460 g/mol. The van der Waals surface area contributed by atoms with Crippen LogP contribution in [-0.2, 0) is 25.5 Å². The van der Waals surface area contributed by atoms with Crippen LogP contribution in [0.2, 0.25) is 0 Å². The summed E-state index contributed by atoms with van der Waals surface area (Å²) in [7, 11) is 0. The fourth-order valence-corrected chi connectivity index (χ4v) is 4.43. The van der Waals surface area contributed by atoms with Crippen molar-refractivity contribution in [1.82, 2.24) is 4.90 Å². The van der Waals surface area contributed by atoms with Crippen molar-refractivity contribution in [2.45, 2.75) is 84.5 Å². The highest BCUT2D eigenvalue weighted by molar-refractivity contribution is 5.94. The van der Waals surface area contributed by atoms with Gasteiger partial charge in [0.2, 0.25) is 5.91 Å². The Labute approximate surface area is 195 Å². The second kappa shape index (κ2) is 10.4. The first-order valence-electron chi connectivity index (χ1n) is 11.2. The molecule has 1 aromatic rings. The number of fused-ring (bicyclic) bond motifs is 1. The molecule has 0 aromatic heterocycles. The minimum absolute atomic E-state index is 0.0156. The summed E-state index contributed by atoms with van der Waals surface area (Å²) in [5, 5.41) is 18.8. The lowest BCUT2D eigenvalue weighted by Crippen LogP contribution is -2.54. The number of hydrogen-bond donors (Lipinski definition) is 3. The molecule has 1 aromatic carbocycles. The predicted octanol–water partition coefficient (Wildman–Crippen LogP) is 3.55. The van der Waals surface area contributed by atoms with Crippen LogP contribution >= 0.6 is 0 Å². The molecule has 8 nitrogen and oxygen atoms in total. The Kier molecular flexibility index (Phi) is 8.30. The number of aryl methyl sites for hydroxylation is 1. The van der Waals surface area contributed by atoms with Crippen molar-refractivity contribution in [1.29, 1.82) is 0 Å². The van der Waals surface area contributed by atoms with Gasteiger partial charge in [-0.25, -0.2) is 9.59 Å². The van der Waals surface area contributed by atoms with Crippen molar-refractivity contribution in [3.8, 4) is 0 Å². The number of ether oxygens (including phenoxy) is 1. The number of carbonyl (C=O) groups excluding carboxylic acids is 1. The topological polar surface area (TPSA) is 130 Å². The number of rotatable bonds is 7. The summed E-state index contributed by atoms with van der Waals surface area (Å²) in [6, 6.07) is 8.28. The Morgan fingerprint density at radius 3 is 2.15 bits per heavy atom. The largest absolute Gasteiger partial charge is 0.479 e. The van der Waals surface area contributed by atoms with E-state index in [0.717, 1.165) is 16.9 Å². The van der Waals surface area contributed by atoms with Gasteiger partial charge in [-0.15, -0.1) is 0 Å². The van der Waals surface area contributed by atoms with Crippen LogP contribution in [0.4, 0.5) is 0 Å². The van der Waals surface area contributed by atoms with E-state index in [0.29, 0.717) is 18.3 Å². The summed E-state index contributed by atoms with van der Waals surface area (Å²) in [6.07, 6.45) is 1.90.